The minimum atomic E-state index is -0.427. The normalized spacial score (nSPS) is 10.6. The van der Waals surface area contributed by atoms with Crippen molar-refractivity contribution in [3.63, 3.8) is 0 Å². The molecule has 0 aliphatic rings. The lowest BCUT2D eigenvalue weighted by molar-refractivity contribution is -0.126. The number of hydrazine groups is 1. The van der Waals surface area contributed by atoms with Gasteiger partial charge in [-0.1, -0.05) is 35.0 Å². The van der Waals surface area contributed by atoms with E-state index < -0.39 is 5.91 Å². The summed E-state index contributed by atoms with van der Waals surface area (Å²) in [7, 11) is 0. The van der Waals surface area contributed by atoms with Crippen LogP contribution >= 0.6 is 15.9 Å². The number of rotatable bonds is 4. The number of nitrogens with one attached hydrogen (secondary N) is 2. The average molecular weight is 363 g/mol. The molecule has 2 rings (SSSR count). The zero-order chi connectivity index (χ0) is 15.9. The number of amides is 2. The van der Waals surface area contributed by atoms with Gasteiger partial charge in [0.1, 0.15) is 11.5 Å². The quantitative estimate of drug-likeness (QED) is 0.647. The van der Waals surface area contributed by atoms with Gasteiger partial charge in [0.05, 0.1) is 0 Å². The maximum absolute atomic E-state index is 11.5. The highest BCUT2D eigenvalue weighted by molar-refractivity contribution is 9.10. The zero-order valence-corrected chi connectivity index (χ0v) is 13.5. The van der Waals surface area contributed by atoms with E-state index in [2.05, 4.69) is 26.8 Å². The Morgan fingerprint density at radius 1 is 1.14 bits per heavy atom. The molecule has 1 aromatic heterocycles. The summed E-state index contributed by atoms with van der Waals surface area (Å²) in [5.74, 6) is 0.586. The number of halogens is 1. The summed E-state index contributed by atoms with van der Waals surface area (Å²) in [4.78, 5) is 22.5. The van der Waals surface area contributed by atoms with Crippen LogP contribution in [0.5, 0.6) is 0 Å². The van der Waals surface area contributed by atoms with E-state index in [-0.39, 0.29) is 5.91 Å². The van der Waals surface area contributed by atoms with Crippen molar-refractivity contribution in [1.82, 2.24) is 10.9 Å². The fourth-order valence-electron chi connectivity index (χ4n) is 1.63. The van der Waals surface area contributed by atoms with Crippen molar-refractivity contribution in [3.8, 4) is 11.3 Å². The van der Waals surface area contributed by atoms with Crippen LogP contribution in [0.2, 0.25) is 0 Å². The summed E-state index contributed by atoms with van der Waals surface area (Å²) in [6.07, 6.45) is 3.13. The van der Waals surface area contributed by atoms with Crippen LogP contribution in [-0.4, -0.2) is 11.8 Å². The van der Waals surface area contributed by atoms with Crippen molar-refractivity contribution in [3.05, 3.63) is 52.7 Å². The summed E-state index contributed by atoms with van der Waals surface area (Å²) in [5, 5.41) is 0. The fraction of sp³-hybridized carbons (Fsp3) is 0.125. The molecule has 114 valence electrons. The summed E-state index contributed by atoms with van der Waals surface area (Å²) >= 11 is 3.38. The van der Waals surface area contributed by atoms with Crippen LogP contribution in [0, 0.1) is 0 Å². The molecule has 0 atom stereocenters. The lowest BCUT2D eigenvalue weighted by atomic mass is 10.2. The largest absolute Gasteiger partial charge is 0.457 e. The van der Waals surface area contributed by atoms with Crippen LogP contribution in [0.15, 0.2) is 51.4 Å². The van der Waals surface area contributed by atoms with Gasteiger partial charge in [-0.25, -0.2) is 0 Å². The Labute approximate surface area is 136 Å². The first kappa shape index (κ1) is 16.0. The van der Waals surface area contributed by atoms with Gasteiger partial charge in [-0.05, 0) is 30.3 Å². The molecule has 0 unspecified atom stereocenters. The molecule has 1 heterocycles. The van der Waals surface area contributed by atoms with Gasteiger partial charge in [0, 0.05) is 22.5 Å². The smallest absolute Gasteiger partial charge is 0.262 e. The summed E-state index contributed by atoms with van der Waals surface area (Å²) in [6.45, 7) is 1.70. The second-order valence-corrected chi connectivity index (χ2v) is 5.35. The molecule has 2 N–H and O–H groups in total. The van der Waals surface area contributed by atoms with Crippen LogP contribution < -0.4 is 10.9 Å². The van der Waals surface area contributed by atoms with E-state index in [1.54, 1.807) is 13.0 Å². The van der Waals surface area contributed by atoms with E-state index >= 15 is 0 Å². The number of carbonyl (C=O) groups is 2. The van der Waals surface area contributed by atoms with Gasteiger partial charge in [0.15, 0.2) is 0 Å². The zero-order valence-electron chi connectivity index (χ0n) is 11.9. The second-order valence-electron chi connectivity index (χ2n) is 4.43. The minimum absolute atomic E-state index is 0.253. The Morgan fingerprint density at radius 2 is 1.86 bits per heavy atom. The Kier molecular flexibility index (Phi) is 5.55. The van der Waals surface area contributed by atoms with Gasteiger partial charge in [-0.3, -0.25) is 20.4 Å². The van der Waals surface area contributed by atoms with Crippen molar-refractivity contribution < 1.29 is 14.0 Å². The molecule has 2 aromatic rings. The minimum Gasteiger partial charge on any atom is -0.457 e. The molecule has 0 aliphatic heterocycles. The highest BCUT2D eigenvalue weighted by Crippen LogP contribution is 2.24. The molecular formula is C16H15BrN2O3. The molecule has 5 nitrogen and oxygen atoms in total. The van der Waals surface area contributed by atoms with Gasteiger partial charge < -0.3 is 4.42 Å². The lowest BCUT2D eigenvalue weighted by Crippen LogP contribution is -2.40. The van der Waals surface area contributed by atoms with Crippen LogP contribution in [0.3, 0.4) is 0 Å². The molecule has 0 spiro atoms. The highest BCUT2D eigenvalue weighted by atomic mass is 79.9. The van der Waals surface area contributed by atoms with Crippen LogP contribution in [0.4, 0.5) is 0 Å². The Morgan fingerprint density at radius 3 is 2.55 bits per heavy atom. The highest BCUT2D eigenvalue weighted by Gasteiger charge is 2.04. The van der Waals surface area contributed by atoms with Crippen molar-refractivity contribution in [2.24, 2.45) is 0 Å². The predicted molar refractivity (Wildman–Crippen MR) is 87.5 cm³/mol. The van der Waals surface area contributed by atoms with Crippen LogP contribution in [0.25, 0.3) is 17.4 Å². The average Bonchev–Trinajstić information content (AvgIpc) is 3.00. The molecular weight excluding hydrogens is 348 g/mol. The Bertz CT molecular complexity index is 690. The van der Waals surface area contributed by atoms with E-state index in [0.717, 1.165) is 10.0 Å². The third kappa shape index (κ3) is 4.60. The number of carbonyl (C=O) groups excluding carboxylic acids is 2. The van der Waals surface area contributed by atoms with Gasteiger partial charge >= 0.3 is 0 Å². The molecule has 0 bridgehead atoms. The molecule has 22 heavy (non-hydrogen) atoms. The molecule has 0 saturated carbocycles. The molecule has 0 fully saturated rings. The van der Waals surface area contributed by atoms with Crippen molar-refractivity contribution in [2.45, 2.75) is 13.3 Å². The van der Waals surface area contributed by atoms with Crippen LogP contribution in [-0.2, 0) is 9.59 Å². The van der Waals surface area contributed by atoms with E-state index in [9.17, 15) is 9.59 Å². The topological polar surface area (TPSA) is 71.3 Å². The Hall–Kier alpha value is -2.34. The Balaban J connectivity index is 1.97. The third-order valence-corrected chi connectivity index (χ3v) is 3.33. The standard InChI is InChI=1S/C16H15BrN2O3/c1-2-15(20)18-19-16(21)10-8-13-7-9-14(22-13)11-3-5-12(17)6-4-11/h3-10H,2H2,1H3,(H,18,20)(H,19,21). The maximum Gasteiger partial charge on any atom is 0.262 e. The van der Waals surface area contributed by atoms with Crippen molar-refractivity contribution in [2.75, 3.05) is 0 Å². The summed E-state index contributed by atoms with van der Waals surface area (Å²) in [5.41, 5.74) is 5.50. The fourth-order valence-corrected chi connectivity index (χ4v) is 1.90. The molecule has 0 saturated heterocycles. The maximum atomic E-state index is 11.5. The number of hydrogen-bond acceptors (Lipinski definition) is 3. The molecule has 0 aliphatic carbocycles. The van der Waals surface area contributed by atoms with E-state index in [1.807, 2.05) is 30.3 Å². The van der Waals surface area contributed by atoms with Crippen LogP contribution in [0.1, 0.15) is 19.1 Å². The van der Waals surface area contributed by atoms with Crippen molar-refractivity contribution in [1.29, 1.82) is 0 Å². The lowest BCUT2D eigenvalue weighted by Gasteiger charge is -2.01. The number of furan rings is 1. The SMILES string of the molecule is CCC(=O)NNC(=O)C=Cc1ccc(-c2ccc(Br)cc2)o1. The summed E-state index contributed by atoms with van der Waals surface area (Å²) in [6, 6.07) is 11.3. The van der Waals surface area contributed by atoms with E-state index in [1.165, 1.54) is 12.2 Å². The molecule has 6 heteroatoms. The van der Waals surface area contributed by atoms with E-state index in [0.29, 0.717) is 17.9 Å². The first-order valence-corrected chi connectivity index (χ1v) is 7.50. The predicted octanol–water partition coefficient (Wildman–Crippen LogP) is 3.28. The monoisotopic (exact) mass is 362 g/mol. The first-order chi connectivity index (χ1) is 10.6. The van der Waals surface area contributed by atoms with Gasteiger partial charge in [0.2, 0.25) is 5.91 Å². The van der Waals surface area contributed by atoms with Gasteiger partial charge in [-0.2, -0.15) is 0 Å². The first-order valence-electron chi connectivity index (χ1n) is 6.71. The second kappa shape index (κ2) is 7.61. The summed E-state index contributed by atoms with van der Waals surface area (Å²) < 4.78 is 6.63. The third-order valence-electron chi connectivity index (χ3n) is 2.80. The molecule has 2 amide bonds. The molecule has 0 radical (unpaired) electrons. The number of benzene rings is 1. The molecule has 1 aromatic carbocycles. The number of hydrogen-bond donors (Lipinski definition) is 2. The van der Waals surface area contributed by atoms with Crippen molar-refractivity contribution >= 4 is 33.8 Å². The van der Waals surface area contributed by atoms with E-state index in [4.69, 9.17) is 4.42 Å². The van der Waals surface area contributed by atoms with Gasteiger partial charge in [0.25, 0.3) is 5.91 Å². The van der Waals surface area contributed by atoms with Gasteiger partial charge in [-0.15, -0.1) is 0 Å².